The van der Waals surface area contributed by atoms with E-state index in [0.29, 0.717) is 10.0 Å². The van der Waals surface area contributed by atoms with Crippen molar-refractivity contribution in [3.8, 4) is 22.4 Å². The summed E-state index contributed by atoms with van der Waals surface area (Å²) in [6, 6.07) is 13.8. The van der Waals surface area contributed by atoms with Gasteiger partial charge in [-0.1, -0.05) is 22.0 Å². The Morgan fingerprint density at radius 2 is 1.88 bits per heavy atom. The van der Waals surface area contributed by atoms with Crippen LogP contribution in [0.3, 0.4) is 0 Å². The first-order chi connectivity index (χ1) is 15.4. The van der Waals surface area contributed by atoms with Crippen molar-refractivity contribution >= 4 is 26.8 Å². The van der Waals surface area contributed by atoms with Gasteiger partial charge >= 0.3 is 0 Å². The second kappa shape index (κ2) is 7.87. The number of halogens is 2. The molecule has 0 bridgehead atoms. The molecule has 0 radical (unpaired) electrons. The molecule has 0 amide bonds. The predicted octanol–water partition coefficient (Wildman–Crippen LogP) is 5.30. The number of rotatable bonds is 4. The maximum absolute atomic E-state index is 13.8. The molecule has 160 valence electrons. The molecule has 0 saturated heterocycles. The molecule has 1 unspecified atom stereocenters. The lowest BCUT2D eigenvalue weighted by atomic mass is 10.0. The van der Waals surface area contributed by atoms with Crippen LogP contribution in [0.5, 0.6) is 0 Å². The van der Waals surface area contributed by atoms with Crippen molar-refractivity contribution in [3.05, 3.63) is 93.3 Å². The zero-order chi connectivity index (χ0) is 22.4. The summed E-state index contributed by atoms with van der Waals surface area (Å²) in [5, 5.41) is 12.7. The molecule has 5 rings (SSSR count). The molecule has 0 aliphatic rings. The molecule has 2 aromatic carbocycles. The van der Waals surface area contributed by atoms with E-state index in [9.17, 15) is 9.18 Å². The lowest BCUT2D eigenvalue weighted by Crippen LogP contribution is -2.22. The number of aromatic amines is 1. The van der Waals surface area contributed by atoms with E-state index >= 15 is 0 Å². The normalized spacial score (nSPS) is 12.4. The van der Waals surface area contributed by atoms with E-state index in [4.69, 9.17) is 0 Å². The number of H-pyrrole nitrogens is 1. The molecular weight excluding hydrogens is 473 g/mol. The van der Waals surface area contributed by atoms with Crippen LogP contribution in [-0.2, 0) is 7.05 Å². The SMILES string of the molecule is CC(c1cc(F)cc(Br)c1)n1ccc(-c2ccc3[nH]nc(-c4cnn(C)c4)c3c2)cc1=O. The molecule has 6 nitrogen and oxygen atoms in total. The quantitative estimate of drug-likeness (QED) is 0.370. The molecule has 3 aromatic heterocycles. The lowest BCUT2D eigenvalue weighted by Gasteiger charge is -2.16. The zero-order valence-corrected chi connectivity index (χ0v) is 19.0. The van der Waals surface area contributed by atoms with Gasteiger partial charge in [-0.05, 0) is 60.0 Å². The molecule has 1 atom stereocenters. The summed E-state index contributed by atoms with van der Waals surface area (Å²) in [7, 11) is 1.86. The van der Waals surface area contributed by atoms with Gasteiger partial charge in [0.15, 0.2) is 0 Å². The average Bonchev–Trinajstić information content (AvgIpc) is 3.37. The van der Waals surface area contributed by atoms with Crippen LogP contribution in [0.25, 0.3) is 33.3 Å². The van der Waals surface area contributed by atoms with E-state index < -0.39 is 0 Å². The number of hydrogen-bond acceptors (Lipinski definition) is 3. The molecule has 1 N–H and O–H groups in total. The van der Waals surface area contributed by atoms with E-state index in [1.54, 1.807) is 27.7 Å². The van der Waals surface area contributed by atoms with Gasteiger partial charge in [-0.15, -0.1) is 0 Å². The van der Waals surface area contributed by atoms with Gasteiger partial charge in [-0.25, -0.2) is 4.39 Å². The number of nitrogens with one attached hydrogen (secondary N) is 1. The number of benzene rings is 2. The van der Waals surface area contributed by atoms with Crippen LogP contribution in [0.4, 0.5) is 4.39 Å². The van der Waals surface area contributed by atoms with Crippen molar-refractivity contribution in [1.82, 2.24) is 24.5 Å². The smallest absolute Gasteiger partial charge is 0.251 e. The van der Waals surface area contributed by atoms with Crippen molar-refractivity contribution < 1.29 is 4.39 Å². The maximum atomic E-state index is 13.8. The fourth-order valence-electron chi connectivity index (χ4n) is 3.92. The average molecular weight is 492 g/mol. The highest BCUT2D eigenvalue weighted by Crippen LogP contribution is 2.30. The number of aromatic nitrogens is 5. The Bertz CT molecular complexity index is 1500. The van der Waals surface area contributed by atoms with Gasteiger partial charge in [0.1, 0.15) is 11.5 Å². The van der Waals surface area contributed by atoms with Gasteiger partial charge < -0.3 is 4.57 Å². The minimum absolute atomic E-state index is 0.157. The van der Waals surface area contributed by atoms with Crippen LogP contribution in [0, 0.1) is 5.82 Å². The molecule has 3 heterocycles. The summed E-state index contributed by atoms with van der Waals surface area (Å²) in [6.45, 7) is 1.87. The van der Waals surface area contributed by atoms with Gasteiger partial charge in [0, 0.05) is 40.9 Å². The Kier molecular flexibility index (Phi) is 5.01. The van der Waals surface area contributed by atoms with E-state index in [2.05, 4.69) is 31.2 Å². The minimum atomic E-state index is -0.344. The first-order valence-electron chi connectivity index (χ1n) is 10.0. The van der Waals surface area contributed by atoms with E-state index in [0.717, 1.165) is 33.3 Å². The van der Waals surface area contributed by atoms with Gasteiger partial charge in [-0.2, -0.15) is 10.2 Å². The summed E-state index contributed by atoms with van der Waals surface area (Å²) < 4.78 is 17.8. The van der Waals surface area contributed by atoms with Crippen LogP contribution < -0.4 is 5.56 Å². The molecule has 32 heavy (non-hydrogen) atoms. The molecule has 8 heteroatoms. The number of hydrogen-bond donors (Lipinski definition) is 1. The first-order valence-corrected chi connectivity index (χ1v) is 10.8. The number of aryl methyl sites for hydroxylation is 1. The zero-order valence-electron chi connectivity index (χ0n) is 17.4. The van der Waals surface area contributed by atoms with Crippen LogP contribution in [0.2, 0.25) is 0 Å². The number of fused-ring (bicyclic) bond motifs is 1. The van der Waals surface area contributed by atoms with Gasteiger partial charge in [0.05, 0.1) is 17.8 Å². The molecule has 0 fully saturated rings. The summed E-state index contributed by atoms with van der Waals surface area (Å²) in [5.74, 6) is -0.344. The van der Waals surface area contributed by atoms with E-state index in [1.165, 1.54) is 12.1 Å². The van der Waals surface area contributed by atoms with Crippen molar-refractivity contribution in [2.75, 3.05) is 0 Å². The van der Waals surface area contributed by atoms with Crippen LogP contribution in [-0.4, -0.2) is 24.5 Å². The second-order valence-electron chi connectivity index (χ2n) is 7.77. The molecule has 0 aliphatic carbocycles. The molecule has 5 aromatic rings. The van der Waals surface area contributed by atoms with Crippen LogP contribution in [0.15, 0.2) is 76.4 Å². The Balaban J connectivity index is 1.53. The molecule has 0 saturated carbocycles. The van der Waals surface area contributed by atoms with Crippen molar-refractivity contribution in [1.29, 1.82) is 0 Å². The maximum Gasteiger partial charge on any atom is 0.251 e. The third-order valence-corrected chi connectivity index (χ3v) is 6.07. The number of nitrogens with zero attached hydrogens (tertiary/aromatic N) is 4. The number of pyridine rings is 1. The summed E-state index contributed by atoms with van der Waals surface area (Å²) in [5.41, 5.74) is 4.91. The highest BCUT2D eigenvalue weighted by Gasteiger charge is 2.14. The summed E-state index contributed by atoms with van der Waals surface area (Å²) in [4.78, 5) is 12.9. The molecule has 0 spiro atoms. The lowest BCUT2D eigenvalue weighted by molar-refractivity contribution is 0.592. The highest BCUT2D eigenvalue weighted by atomic mass is 79.9. The Hall–Kier alpha value is -3.52. The largest absolute Gasteiger partial charge is 0.308 e. The second-order valence-corrected chi connectivity index (χ2v) is 8.69. The summed E-state index contributed by atoms with van der Waals surface area (Å²) in [6.07, 6.45) is 5.44. The van der Waals surface area contributed by atoms with Crippen molar-refractivity contribution in [2.45, 2.75) is 13.0 Å². The highest BCUT2D eigenvalue weighted by molar-refractivity contribution is 9.10. The van der Waals surface area contributed by atoms with Gasteiger partial charge in [-0.3, -0.25) is 14.6 Å². The fraction of sp³-hybridized carbons (Fsp3) is 0.125. The standard InChI is InChI=1S/C24H19BrFN5O/c1-14(17-7-19(25)11-20(26)8-17)31-6-5-16(10-23(31)32)15-3-4-22-21(9-15)24(29-28-22)18-12-27-30(2)13-18/h3-14H,1-2H3,(H,28,29). The third kappa shape index (κ3) is 3.67. The summed E-state index contributed by atoms with van der Waals surface area (Å²) >= 11 is 3.31. The monoisotopic (exact) mass is 491 g/mol. The van der Waals surface area contributed by atoms with Crippen molar-refractivity contribution in [3.63, 3.8) is 0 Å². The predicted molar refractivity (Wildman–Crippen MR) is 126 cm³/mol. The van der Waals surface area contributed by atoms with E-state index in [-0.39, 0.29) is 17.4 Å². The van der Waals surface area contributed by atoms with E-state index in [1.807, 2.05) is 50.5 Å². The fourth-order valence-corrected chi connectivity index (χ4v) is 4.41. The topological polar surface area (TPSA) is 68.5 Å². The van der Waals surface area contributed by atoms with Crippen LogP contribution in [0.1, 0.15) is 18.5 Å². The Morgan fingerprint density at radius 3 is 2.59 bits per heavy atom. The Morgan fingerprint density at radius 1 is 1.06 bits per heavy atom. The van der Waals surface area contributed by atoms with Crippen LogP contribution >= 0.6 is 15.9 Å². The van der Waals surface area contributed by atoms with Gasteiger partial charge in [0.25, 0.3) is 5.56 Å². The molecule has 0 aliphatic heterocycles. The minimum Gasteiger partial charge on any atom is -0.308 e. The first kappa shape index (κ1) is 20.4. The van der Waals surface area contributed by atoms with Gasteiger partial charge in [0.2, 0.25) is 0 Å². The Labute approximate surface area is 191 Å². The third-order valence-electron chi connectivity index (χ3n) is 5.61. The van der Waals surface area contributed by atoms with Crippen molar-refractivity contribution in [2.24, 2.45) is 7.05 Å². The molecular formula is C24H19BrFN5O.